The molecule has 0 aromatic heterocycles. The van der Waals surface area contributed by atoms with Gasteiger partial charge < -0.3 is 15.0 Å². The fourth-order valence-corrected chi connectivity index (χ4v) is 3.63. The van der Waals surface area contributed by atoms with Crippen LogP contribution in [0.5, 0.6) is 0 Å². The minimum atomic E-state index is -2.66. The second-order valence-electron chi connectivity index (χ2n) is 6.27. The summed E-state index contributed by atoms with van der Waals surface area (Å²) in [4.78, 5) is 26.6. The molecule has 7 heteroatoms. The molecule has 2 fully saturated rings. The molecule has 1 saturated carbocycles. The van der Waals surface area contributed by atoms with E-state index in [1.54, 1.807) is 4.90 Å². The summed E-state index contributed by atoms with van der Waals surface area (Å²) in [5, 5.41) is 2.60. The van der Waals surface area contributed by atoms with Gasteiger partial charge in [0, 0.05) is 39.5 Å². The Morgan fingerprint density at radius 1 is 1.27 bits per heavy atom. The molecule has 0 spiro atoms. The molecule has 0 radical (unpaired) electrons. The average Bonchev–Trinajstić information content (AvgIpc) is 2.91. The van der Waals surface area contributed by atoms with Gasteiger partial charge in [0.25, 0.3) is 0 Å². The maximum absolute atomic E-state index is 13.3. The number of carbonyl (C=O) groups is 2. The van der Waals surface area contributed by atoms with E-state index in [4.69, 9.17) is 4.74 Å². The Morgan fingerprint density at radius 3 is 2.45 bits per heavy atom. The number of rotatable bonds is 4. The summed E-state index contributed by atoms with van der Waals surface area (Å²) in [5.74, 6) is -3.51. The molecule has 126 valence electrons. The lowest BCUT2D eigenvalue weighted by atomic mass is 9.84. The molecule has 2 amide bonds. The van der Waals surface area contributed by atoms with Crippen LogP contribution < -0.4 is 5.32 Å². The fourth-order valence-electron chi connectivity index (χ4n) is 3.63. The maximum Gasteiger partial charge on any atom is 0.248 e. The van der Waals surface area contributed by atoms with Crippen LogP contribution in [0.1, 0.15) is 38.5 Å². The number of likely N-dealkylation sites (tertiary alicyclic amines) is 1. The van der Waals surface area contributed by atoms with E-state index in [1.807, 2.05) is 0 Å². The lowest BCUT2D eigenvalue weighted by Gasteiger charge is -2.39. The monoisotopic (exact) mass is 318 g/mol. The van der Waals surface area contributed by atoms with Crippen LogP contribution in [0, 0.1) is 5.92 Å². The zero-order chi connectivity index (χ0) is 16.4. The quantitative estimate of drug-likeness (QED) is 0.856. The van der Waals surface area contributed by atoms with Gasteiger partial charge in [0.15, 0.2) is 0 Å². The number of alkyl halides is 2. The van der Waals surface area contributed by atoms with Crippen molar-refractivity contribution in [3.63, 3.8) is 0 Å². The lowest BCUT2D eigenvalue weighted by molar-refractivity contribution is -0.153. The maximum atomic E-state index is 13.3. The summed E-state index contributed by atoms with van der Waals surface area (Å²) in [6.45, 7) is 0.601. The summed E-state index contributed by atoms with van der Waals surface area (Å²) in [6, 6.07) is 0. The van der Waals surface area contributed by atoms with E-state index in [1.165, 1.54) is 14.2 Å². The number of likely N-dealkylation sites (N-methyl/N-ethyl adjacent to an activating group) is 1. The highest BCUT2D eigenvalue weighted by atomic mass is 19.3. The van der Waals surface area contributed by atoms with Crippen LogP contribution in [0.25, 0.3) is 0 Å². The molecule has 1 N–H and O–H groups in total. The number of nitrogens with zero attached hydrogens (tertiary/aromatic N) is 1. The van der Waals surface area contributed by atoms with Crippen LogP contribution in [0.2, 0.25) is 0 Å². The zero-order valence-electron chi connectivity index (χ0n) is 13.2. The minimum absolute atomic E-state index is 0.126. The number of amides is 2. The van der Waals surface area contributed by atoms with Gasteiger partial charge in [-0.2, -0.15) is 0 Å². The van der Waals surface area contributed by atoms with Gasteiger partial charge in [-0.1, -0.05) is 0 Å². The molecule has 1 heterocycles. The topological polar surface area (TPSA) is 58.6 Å². The first-order chi connectivity index (χ1) is 10.4. The molecule has 1 unspecified atom stereocenters. The Morgan fingerprint density at radius 2 is 1.91 bits per heavy atom. The van der Waals surface area contributed by atoms with E-state index >= 15 is 0 Å². The van der Waals surface area contributed by atoms with E-state index in [-0.39, 0.29) is 44.1 Å². The van der Waals surface area contributed by atoms with Gasteiger partial charge in [0.2, 0.25) is 17.7 Å². The van der Waals surface area contributed by atoms with Gasteiger partial charge >= 0.3 is 0 Å². The predicted molar refractivity (Wildman–Crippen MR) is 76.5 cm³/mol. The lowest BCUT2D eigenvalue weighted by Crippen LogP contribution is -2.60. The highest BCUT2D eigenvalue weighted by Gasteiger charge is 2.51. The second-order valence-corrected chi connectivity index (χ2v) is 6.27. The van der Waals surface area contributed by atoms with Crippen molar-refractivity contribution in [2.24, 2.45) is 5.92 Å². The molecule has 1 aliphatic heterocycles. The number of hydrogen-bond acceptors (Lipinski definition) is 3. The Kier molecular flexibility index (Phi) is 5.04. The van der Waals surface area contributed by atoms with Crippen LogP contribution in [0.15, 0.2) is 0 Å². The van der Waals surface area contributed by atoms with Crippen LogP contribution in [0.3, 0.4) is 0 Å². The van der Waals surface area contributed by atoms with Gasteiger partial charge in [-0.05, 0) is 25.7 Å². The Labute approximate surface area is 129 Å². The third-order valence-corrected chi connectivity index (χ3v) is 4.85. The molecular weight excluding hydrogens is 294 g/mol. The Hall–Kier alpha value is -1.24. The third kappa shape index (κ3) is 3.09. The molecule has 2 rings (SSSR count). The van der Waals surface area contributed by atoms with E-state index in [0.717, 1.165) is 0 Å². The Bertz CT molecular complexity index is 435. The van der Waals surface area contributed by atoms with Crippen molar-refractivity contribution in [1.29, 1.82) is 0 Å². The number of halogens is 2. The van der Waals surface area contributed by atoms with Crippen molar-refractivity contribution in [3.05, 3.63) is 0 Å². The van der Waals surface area contributed by atoms with E-state index in [2.05, 4.69) is 5.32 Å². The molecule has 1 atom stereocenters. The molecule has 0 aromatic rings. The molecule has 1 aliphatic carbocycles. The largest absolute Gasteiger partial charge is 0.382 e. The number of nitrogens with one attached hydrogen (secondary N) is 1. The van der Waals surface area contributed by atoms with Gasteiger partial charge in [0.05, 0.1) is 6.61 Å². The smallest absolute Gasteiger partial charge is 0.248 e. The van der Waals surface area contributed by atoms with Crippen molar-refractivity contribution < 1.29 is 23.1 Å². The van der Waals surface area contributed by atoms with Gasteiger partial charge in [0.1, 0.15) is 5.54 Å². The number of methoxy groups -OCH3 is 1. The first-order valence-electron chi connectivity index (χ1n) is 7.77. The first-order valence-corrected chi connectivity index (χ1v) is 7.77. The summed E-state index contributed by atoms with van der Waals surface area (Å²) in [6.07, 6.45) is 1.10. The number of ether oxygens (including phenoxy) is 1. The Balaban J connectivity index is 2.15. The molecular formula is C15H24F2N2O3. The highest BCUT2D eigenvalue weighted by molar-refractivity contribution is 5.92. The van der Waals surface area contributed by atoms with Gasteiger partial charge in [-0.3, -0.25) is 9.59 Å². The van der Waals surface area contributed by atoms with E-state index in [0.29, 0.717) is 19.4 Å². The summed E-state index contributed by atoms with van der Waals surface area (Å²) in [7, 11) is 3.02. The van der Waals surface area contributed by atoms with Crippen LogP contribution >= 0.6 is 0 Å². The minimum Gasteiger partial charge on any atom is -0.382 e. The first kappa shape index (κ1) is 17.1. The highest BCUT2D eigenvalue weighted by Crippen LogP contribution is 2.39. The van der Waals surface area contributed by atoms with Crippen molar-refractivity contribution >= 4 is 11.8 Å². The van der Waals surface area contributed by atoms with Gasteiger partial charge in [-0.25, -0.2) is 8.78 Å². The van der Waals surface area contributed by atoms with Crippen LogP contribution in [0.4, 0.5) is 8.78 Å². The van der Waals surface area contributed by atoms with Crippen molar-refractivity contribution in [3.8, 4) is 0 Å². The zero-order valence-corrected chi connectivity index (χ0v) is 13.2. The van der Waals surface area contributed by atoms with Crippen molar-refractivity contribution in [2.75, 3.05) is 27.3 Å². The van der Waals surface area contributed by atoms with Crippen LogP contribution in [-0.4, -0.2) is 55.5 Å². The SMILES string of the molecule is CNC(=O)C1(COC)CCCN1C(=O)C1CCC(F)(F)CC1. The van der Waals surface area contributed by atoms with E-state index in [9.17, 15) is 18.4 Å². The molecule has 0 bridgehead atoms. The molecule has 1 saturated heterocycles. The molecule has 0 aromatic carbocycles. The summed E-state index contributed by atoms with van der Waals surface area (Å²) < 4.78 is 31.7. The second kappa shape index (κ2) is 6.48. The van der Waals surface area contributed by atoms with Crippen LogP contribution in [-0.2, 0) is 14.3 Å². The average molecular weight is 318 g/mol. The number of carbonyl (C=O) groups excluding carboxylic acids is 2. The predicted octanol–water partition coefficient (Wildman–Crippen LogP) is 1.57. The summed E-state index contributed by atoms with van der Waals surface area (Å²) >= 11 is 0. The van der Waals surface area contributed by atoms with Crippen molar-refractivity contribution in [1.82, 2.24) is 10.2 Å². The van der Waals surface area contributed by atoms with E-state index < -0.39 is 17.4 Å². The van der Waals surface area contributed by atoms with Gasteiger partial charge in [-0.15, -0.1) is 0 Å². The third-order valence-electron chi connectivity index (χ3n) is 4.85. The van der Waals surface area contributed by atoms with Crippen molar-refractivity contribution in [2.45, 2.75) is 50.0 Å². The fraction of sp³-hybridized carbons (Fsp3) is 0.867. The standard InChI is InChI=1S/C15H24F2N2O3/c1-18-13(21)14(10-22-2)6-3-9-19(14)12(20)11-4-7-15(16,17)8-5-11/h11H,3-10H2,1-2H3,(H,18,21). The molecule has 2 aliphatic rings. The summed E-state index contributed by atoms with van der Waals surface area (Å²) in [5.41, 5.74) is -0.999. The molecule has 5 nitrogen and oxygen atoms in total. The normalized spacial score (nSPS) is 28.6. The molecule has 22 heavy (non-hydrogen) atoms. The number of hydrogen-bond donors (Lipinski definition) is 1.